The fourth-order valence-electron chi connectivity index (χ4n) is 4.41. The molecular weight excluding hydrogens is 458 g/mol. The first-order chi connectivity index (χ1) is 17.2. The summed E-state index contributed by atoms with van der Waals surface area (Å²) >= 11 is 0. The second kappa shape index (κ2) is 10.4. The molecule has 1 N–H and O–H groups in total. The number of nitrogens with zero attached hydrogens (tertiary/aromatic N) is 2. The largest absolute Gasteiger partial charge is 0.493 e. The van der Waals surface area contributed by atoms with Gasteiger partial charge in [-0.3, -0.25) is 9.78 Å². The minimum Gasteiger partial charge on any atom is -0.493 e. The summed E-state index contributed by atoms with van der Waals surface area (Å²) in [6.07, 6.45) is 2.24. The monoisotopic (exact) mass is 491 g/mol. The van der Waals surface area contributed by atoms with Crippen LogP contribution in [0.4, 0.5) is 4.79 Å². The molecule has 1 aromatic heterocycles. The van der Waals surface area contributed by atoms with Gasteiger partial charge in [0.05, 0.1) is 32.9 Å². The smallest absolute Gasteiger partial charge is 0.407 e. The van der Waals surface area contributed by atoms with Gasteiger partial charge < -0.3 is 24.4 Å². The molecule has 0 spiro atoms. The summed E-state index contributed by atoms with van der Waals surface area (Å²) in [5, 5.41) is 4.37. The first kappa shape index (κ1) is 25.3. The van der Waals surface area contributed by atoms with Crippen molar-refractivity contribution in [1.29, 1.82) is 0 Å². The standard InChI is InChI=1S/C28H33N3O5/c1-28(2,3)36-27(33)30-16-23-22-14-25(35-5)24(34-4)13-21(22)20(15-29-23)12-26(32)31-11-10-18-8-6-7-9-19(18)17-31/h6-9,13-15H,10-12,16-17H2,1-5H3,(H,30,33). The maximum atomic E-state index is 13.3. The SMILES string of the molecule is COc1cc2c(CC(=O)N3CCc4ccccc4C3)cnc(CNC(=O)OC(C)(C)C)c2cc1OC. The number of hydrogen-bond acceptors (Lipinski definition) is 6. The number of alkyl carbamates (subject to hydrolysis) is 1. The molecule has 2 aromatic carbocycles. The summed E-state index contributed by atoms with van der Waals surface area (Å²) in [6.45, 7) is 6.89. The van der Waals surface area contributed by atoms with Gasteiger partial charge in [0.2, 0.25) is 5.91 Å². The van der Waals surface area contributed by atoms with E-state index in [4.69, 9.17) is 14.2 Å². The molecule has 3 aromatic rings. The first-order valence-electron chi connectivity index (χ1n) is 12.0. The Morgan fingerprint density at radius 2 is 1.69 bits per heavy atom. The summed E-state index contributed by atoms with van der Waals surface area (Å²) in [4.78, 5) is 32.0. The van der Waals surface area contributed by atoms with Crippen molar-refractivity contribution in [3.05, 3.63) is 65.0 Å². The predicted octanol–water partition coefficient (Wildman–Crippen LogP) is 4.40. The van der Waals surface area contributed by atoms with Crippen LogP contribution in [-0.4, -0.2) is 48.2 Å². The van der Waals surface area contributed by atoms with E-state index in [0.29, 0.717) is 30.3 Å². The molecule has 0 atom stereocenters. The van der Waals surface area contributed by atoms with Crippen molar-refractivity contribution in [2.75, 3.05) is 20.8 Å². The van der Waals surface area contributed by atoms with Gasteiger partial charge in [0.1, 0.15) is 5.60 Å². The lowest BCUT2D eigenvalue weighted by Crippen LogP contribution is -2.37. The Kier molecular flexibility index (Phi) is 7.33. The average Bonchev–Trinajstić information content (AvgIpc) is 2.85. The highest BCUT2D eigenvalue weighted by atomic mass is 16.6. The molecule has 0 aliphatic carbocycles. The lowest BCUT2D eigenvalue weighted by Gasteiger charge is -2.29. The number of methoxy groups -OCH3 is 2. The van der Waals surface area contributed by atoms with E-state index in [1.807, 2.05) is 49.9 Å². The lowest BCUT2D eigenvalue weighted by atomic mass is 9.98. The van der Waals surface area contributed by atoms with E-state index in [1.165, 1.54) is 11.1 Å². The number of hydrogen-bond donors (Lipinski definition) is 1. The topological polar surface area (TPSA) is 90.0 Å². The van der Waals surface area contributed by atoms with E-state index >= 15 is 0 Å². The van der Waals surface area contributed by atoms with E-state index in [9.17, 15) is 9.59 Å². The highest BCUT2D eigenvalue weighted by Crippen LogP contribution is 2.35. The van der Waals surface area contributed by atoms with Crippen LogP contribution in [0.5, 0.6) is 11.5 Å². The molecule has 2 heterocycles. The molecule has 0 saturated carbocycles. The van der Waals surface area contributed by atoms with Gasteiger partial charge in [-0.05, 0) is 61.4 Å². The molecular formula is C28H33N3O5. The van der Waals surface area contributed by atoms with Crippen molar-refractivity contribution in [1.82, 2.24) is 15.2 Å². The van der Waals surface area contributed by atoms with E-state index < -0.39 is 11.7 Å². The zero-order chi connectivity index (χ0) is 25.9. The number of amides is 2. The lowest BCUT2D eigenvalue weighted by molar-refractivity contribution is -0.131. The number of fused-ring (bicyclic) bond motifs is 2. The van der Waals surface area contributed by atoms with Crippen molar-refractivity contribution < 1.29 is 23.8 Å². The van der Waals surface area contributed by atoms with Gasteiger partial charge in [0, 0.05) is 24.7 Å². The van der Waals surface area contributed by atoms with E-state index in [2.05, 4.69) is 22.4 Å². The van der Waals surface area contributed by atoms with Gasteiger partial charge in [-0.1, -0.05) is 24.3 Å². The fraction of sp³-hybridized carbons (Fsp3) is 0.393. The number of carbonyl (C=O) groups excluding carboxylic acids is 2. The van der Waals surface area contributed by atoms with E-state index in [-0.39, 0.29) is 18.9 Å². The van der Waals surface area contributed by atoms with Crippen molar-refractivity contribution in [2.45, 2.75) is 52.3 Å². The van der Waals surface area contributed by atoms with Crippen LogP contribution in [0.15, 0.2) is 42.6 Å². The predicted molar refractivity (Wildman–Crippen MR) is 137 cm³/mol. The van der Waals surface area contributed by atoms with Crippen molar-refractivity contribution >= 4 is 22.8 Å². The maximum absolute atomic E-state index is 13.3. The van der Waals surface area contributed by atoms with E-state index in [0.717, 1.165) is 22.8 Å². The number of ether oxygens (including phenoxy) is 3. The second-order valence-corrected chi connectivity index (χ2v) is 9.85. The zero-order valence-electron chi connectivity index (χ0n) is 21.5. The normalized spacial score (nSPS) is 13.2. The van der Waals surface area contributed by atoms with Gasteiger partial charge >= 0.3 is 6.09 Å². The van der Waals surface area contributed by atoms with Crippen LogP contribution < -0.4 is 14.8 Å². The molecule has 0 bridgehead atoms. The Morgan fingerprint density at radius 3 is 2.36 bits per heavy atom. The zero-order valence-corrected chi connectivity index (χ0v) is 21.5. The number of pyridine rings is 1. The Hall–Kier alpha value is -3.81. The number of aromatic nitrogens is 1. The summed E-state index contributed by atoms with van der Waals surface area (Å²) in [7, 11) is 3.14. The number of rotatable bonds is 6. The van der Waals surface area contributed by atoms with Gasteiger partial charge in [-0.2, -0.15) is 0 Å². The van der Waals surface area contributed by atoms with E-state index in [1.54, 1.807) is 20.4 Å². The molecule has 2 amide bonds. The van der Waals surface area contributed by atoms with Gasteiger partial charge in [0.15, 0.2) is 11.5 Å². The number of carbonyl (C=O) groups is 2. The third-order valence-corrected chi connectivity index (χ3v) is 6.18. The van der Waals surface area contributed by atoms with Gasteiger partial charge in [0.25, 0.3) is 0 Å². The molecule has 4 rings (SSSR count). The summed E-state index contributed by atoms with van der Waals surface area (Å²) in [5.74, 6) is 1.14. The van der Waals surface area contributed by atoms with Crippen molar-refractivity contribution in [3.63, 3.8) is 0 Å². The molecule has 0 saturated heterocycles. The second-order valence-electron chi connectivity index (χ2n) is 9.85. The summed E-state index contributed by atoms with van der Waals surface area (Å²) in [5.41, 5.74) is 3.31. The molecule has 8 nitrogen and oxygen atoms in total. The van der Waals surface area contributed by atoms with Crippen LogP contribution in [0.3, 0.4) is 0 Å². The van der Waals surface area contributed by atoms with Gasteiger partial charge in [-0.15, -0.1) is 0 Å². The van der Waals surface area contributed by atoms with Crippen LogP contribution in [0.25, 0.3) is 10.8 Å². The van der Waals surface area contributed by atoms with Crippen LogP contribution in [0.2, 0.25) is 0 Å². The molecule has 1 aliphatic rings. The quantitative estimate of drug-likeness (QED) is 0.550. The minimum absolute atomic E-state index is 0.0435. The molecule has 8 heteroatoms. The van der Waals surface area contributed by atoms with Crippen LogP contribution in [0.1, 0.15) is 43.2 Å². The Balaban J connectivity index is 1.61. The summed E-state index contributed by atoms with van der Waals surface area (Å²) < 4.78 is 16.4. The van der Waals surface area contributed by atoms with Crippen LogP contribution in [-0.2, 0) is 35.5 Å². The highest BCUT2D eigenvalue weighted by Gasteiger charge is 2.23. The first-order valence-corrected chi connectivity index (χ1v) is 12.0. The molecule has 0 fully saturated rings. The molecule has 0 unspecified atom stereocenters. The summed E-state index contributed by atoms with van der Waals surface area (Å²) in [6, 6.07) is 11.9. The molecule has 36 heavy (non-hydrogen) atoms. The third-order valence-electron chi connectivity index (χ3n) is 6.18. The average molecular weight is 492 g/mol. The number of benzene rings is 2. The third kappa shape index (κ3) is 5.70. The van der Waals surface area contributed by atoms with Crippen LogP contribution in [0, 0.1) is 0 Å². The van der Waals surface area contributed by atoms with Crippen molar-refractivity contribution in [2.24, 2.45) is 0 Å². The fourth-order valence-corrected chi connectivity index (χ4v) is 4.41. The Bertz CT molecular complexity index is 1280. The van der Waals surface area contributed by atoms with Crippen LogP contribution >= 0.6 is 0 Å². The number of nitrogens with one attached hydrogen (secondary N) is 1. The Labute approximate surface area is 211 Å². The molecule has 190 valence electrons. The highest BCUT2D eigenvalue weighted by molar-refractivity contribution is 5.93. The van der Waals surface area contributed by atoms with Crippen molar-refractivity contribution in [3.8, 4) is 11.5 Å². The Morgan fingerprint density at radius 1 is 1.03 bits per heavy atom. The molecule has 0 radical (unpaired) electrons. The van der Waals surface area contributed by atoms with Gasteiger partial charge in [-0.25, -0.2) is 4.79 Å². The maximum Gasteiger partial charge on any atom is 0.407 e. The molecule has 1 aliphatic heterocycles. The minimum atomic E-state index is -0.602.